The van der Waals surface area contributed by atoms with Gasteiger partial charge in [-0.15, -0.1) is 0 Å². The number of ketones is 1. The number of carbonyl (C=O) groups is 3. The predicted molar refractivity (Wildman–Crippen MR) is 137 cm³/mol. The van der Waals surface area contributed by atoms with E-state index in [4.69, 9.17) is 4.74 Å². The molecular weight excluding hydrogens is 470 g/mol. The number of esters is 1. The van der Waals surface area contributed by atoms with Crippen LogP contribution in [0.1, 0.15) is 46.1 Å². The van der Waals surface area contributed by atoms with Gasteiger partial charge in [-0.25, -0.2) is 0 Å². The van der Waals surface area contributed by atoms with E-state index in [2.05, 4.69) is 11.9 Å². The fraction of sp³-hybridized carbons (Fsp3) is 0.567. The van der Waals surface area contributed by atoms with Crippen LogP contribution in [0.5, 0.6) is 0 Å². The van der Waals surface area contributed by atoms with Crippen molar-refractivity contribution in [1.82, 2.24) is 5.32 Å². The van der Waals surface area contributed by atoms with Gasteiger partial charge in [-0.3, -0.25) is 14.4 Å². The molecule has 0 unspecified atom stereocenters. The van der Waals surface area contributed by atoms with Crippen molar-refractivity contribution in [3.05, 3.63) is 59.7 Å². The van der Waals surface area contributed by atoms with E-state index in [-0.39, 0.29) is 35.5 Å². The lowest BCUT2D eigenvalue weighted by Gasteiger charge is -2.58. The second kappa shape index (κ2) is 8.91. The molecule has 5 rings (SSSR count). The summed E-state index contributed by atoms with van der Waals surface area (Å²) in [6.45, 7) is 10.8. The van der Waals surface area contributed by atoms with Gasteiger partial charge in [-0.05, 0) is 60.8 Å². The molecule has 1 saturated heterocycles. The molecule has 1 aromatic rings. The summed E-state index contributed by atoms with van der Waals surface area (Å²) < 4.78 is 6.02. The van der Waals surface area contributed by atoms with Crippen LogP contribution in [0.4, 0.5) is 0 Å². The minimum Gasteiger partial charge on any atom is -0.457 e. The van der Waals surface area contributed by atoms with Gasteiger partial charge in [0.05, 0.1) is 6.10 Å². The number of aliphatic hydroxyl groups is 2. The van der Waals surface area contributed by atoms with Crippen molar-refractivity contribution in [2.24, 2.45) is 35.0 Å². The van der Waals surface area contributed by atoms with Crippen LogP contribution in [0.15, 0.2) is 54.1 Å². The molecule has 0 radical (unpaired) electrons. The first kappa shape index (κ1) is 25.9. The number of aliphatic hydroxyl groups excluding tert-OH is 1. The molecule has 1 heterocycles. The number of hydrogen-bond donors (Lipinski definition) is 3. The SMILES string of the molecule is C=C1[C@@H](O)[C@H]2C[C@@H]3C[C@@H](C)C(=O)[C@](C)(O)C=C3[C@@H](OC(C)=O)[C@]23C(=O)N[C@H](Cc2ccccc2)[C@@H]3[C@H]1C. The summed E-state index contributed by atoms with van der Waals surface area (Å²) >= 11 is 0. The molecule has 3 aliphatic carbocycles. The van der Waals surface area contributed by atoms with E-state index in [1.807, 2.05) is 37.3 Å². The Morgan fingerprint density at radius 2 is 1.86 bits per heavy atom. The molecule has 10 atom stereocenters. The summed E-state index contributed by atoms with van der Waals surface area (Å²) in [4.78, 5) is 39.8. The zero-order chi connectivity index (χ0) is 26.9. The first-order chi connectivity index (χ1) is 17.4. The van der Waals surface area contributed by atoms with Crippen LogP contribution in [-0.4, -0.2) is 51.7 Å². The van der Waals surface area contributed by atoms with Crippen LogP contribution in [-0.2, 0) is 25.5 Å². The van der Waals surface area contributed by atoms with E-state index < -0.39 is 41.0 Å². The maximum atomic E-state index is 14.2. The Hall–Kier alpha value is -2.77. The van der Waals surface area contributed by atoms with E-state index in [1.165, 1.54) is 19.9 Å². The molecule has 3 N–H and O–H groups in total. The molecule has 3 fully saturated rings. The molecule has 4 aliphatic rings. The van der Waals surface area contributed by atoms with Gasteiger partial charge >= 0.3 is 5.97 Å². The first-order valence-corrected chi connectivity index (χ1v) is 13.3. The van der Waals surface area contributed by atoms with Gasteiger partial charge in [0.1, 0.15) is 17.1 Å². The van der Waals surface area contributed by atoms with E-state index in [0.29, 0.717) is 30.4 Å². The number of nitrogens with one attached hydrogen (secondary N) is 1. The molecule has 2 saturated carbocycles. The van der Waals surface area contributed by atoms with Crippen LogP contribution in [0.25, 0.3) is 0 Å². The molecule has 0 aromatic heterocycles. The third-order valence-electron chi connectivity index (χ3n) is 9.55. The van der Waals surface area contributed by atoms with Gasteiger partial charge in [0.15, 0.2) is 5.78 Å². The Bertz CT molecular complexity index is 1170. The highest BCUT2D eigenvalue weighted by Crippen LogP contribution is 2.64. The molecule has 1 aliphatic heterocycles. The number of Topliss-reactive ketones (excluding diaryl/α,β-unsaturated/α-hetero) is 1. The van der Waals surface area contributed by atoms with Gasteiger partial charge in [-0.2, -0.15) is 0 Å². The summed E-state index contributed by atoms with van der Waals surface area (Å²) in [5.74, 6) is -2.85. The predicted octanol–water partition coefficient (Wildman–Crippen LogP) is 2.75. The zero-order valence-electron chi connectivity index (χ0n) is 21.9. The van der Waals surface area contributed by atoms with Gasteiger partial charge in [0.2, 0.25) is 5.91 Å². The topological polar surface area (TPSA) is 113 Å². The maximum absolute atomic E-state index is 14.2. The normalized spacial score (nSPS) is 43.1. The summed E-state index contributed by atoms with van der Waals surface area (Å²) in [7, 11) is 0. The van der Waals surface area contributed by atoms with Crippen molar-refractivity contribution < 1.29 is 29.3 Å². The lowest BCUT2D eigenvalue weighted by molar-refractivity contribution is -0.179. The number of amides is 1. The Balaban J connectivity index is 1.71. The Labute approximate surface area is 218 Å². The van der Waals surface area contributed by atoms with Crippen LogP contribution in [0.3, 0.4) is 0 Å². The van der Waals surface area contributed by atoms with Crippen molar-refractivity contribution in [3.8, 4) is 0 Å². The fourth-order valence-corrected chi connectivity index (χ4v) is 8.04. The number of rotatable bonds is 3. The molecule has 7 heteroatoms. The van der Waals surface area contributed by atoms with Crippen LogP contribution in [0.2, 0.25) is 0 Å². The van der Waals surface area contributed by atoms with Gasteiger partial charge in [-0.1, -0.05) is 50.8 Å². The van der Waals surface area contributed by atoms with E-state index in [0.717, 1.165) is 5.56 Å². The molecule has 1 aromatic carbocycles. The summed E-state index contributed by atoms with van der Waals surface area (Å²) in [5.41, 5.74) is -0.637. The highest BCUT2D eigenvalue weighted by Gasteiger charge is 2.72. The zero-order valence-corrected chi connectivity index (χ0v) is 21.9. The van der Waals surface area contributed by atoms with Crippen LogP contribution >= 0.6 is 0 Å². The van der Waals surface area contributed by atoms with Crippen molar-refractivity contribution in [1.29, 1.82) is 0 Å². The van der Waals surface area contributed by atoms with Crippen molar-refractivity contribution in [2.45, 2.75) is 70.8 Å². The highest BCUT2D eigenvalue weighted by molar-refractivity contribution is 5.92. The first-order valence-electron chi connectivity index (χ1n) is 13.3. The standard InChI is InChI=1S/C30H37NO6/c1-15-11-20-13-22-25(33)17(3)16(2)24-23(12-19-9-7-6-8-10-19)31-28(35)30(22,24)27(37-18(4)32)21(20)14-29(5,36)26(15)34/h6-10,14-16,20,22-25,27,33,36H,3,11-13H2,1-2,4-5H3,(H,31,35)/t15-,16+,20+,22-,23-,24+,25-,27-,29-,30+/m1/s1. The summed E-state index contributed by atoms with van der Waals surface area (Å²) in [5, 5.41) is 25.9. The average molecular weight is 508 g/mol. The maximum Gasteiger partial charge on any atom is 0.303 e. The van der Waals surface area contributed by atoms with Crippen molar-refractivity contribution >= 4 is 17.7 Å². The Morgan fingerprint density at radius 3 is 2.51 bits per heavy atom. The second-order valence-electron chi connectivity index (χ2n) is 11.9. The van der Waals surface area contributed by atoms with Crippen LogP contribution in [0, 0.1) is 35.0 Å². The van der Waals surface area contributed by atoms with Gasteiger partial charge in [0.25, 0.3) is 0 Å². The molecule has 37 heavy (non-hydrogen) atoms. The van der Waals surface area contributed by atoms with E-state index in [1.54, 1.807) is 6.92 Å². The number of carbonyl (C=O) groups excluding carboxylic acids is 3. The second-order valence-corrected chi connectivity index (χ2v) is 11.9. The Kier molecular flexibility index (Phi) is 6.23. The van der Waals surface area contributed by atoms with E-state index in [9.17, 15) is 24.6 Å². The number of benzene rings is 1. The van der Waals surface area contributed by atoms with Gasteiger partial charge < -0.3 is 20.3 Å². The third kappa shape index (κ3) is 3.81. The minimum absolute atomic E-state index is 0.231. The summed E-state index contributed by atoms with van der Waals surface area (Å²) in [6.07, 6.45) is 1.03. The van der Waals surface area contributed by atoms with Crippen LogP contribution < -0.4 is 5.32 Å². The molecule has 1 amide bonds. The molecular formula is C30H37NO6. The lowest BCUT2D eigenvalue weighted by atomic mass is 9.46. The molecule has 198 valence electrons. The fourth-order valence-electron chi connectivity index (χ4n) is 8.04. The van der Waals surface area contributed by atoms with Gasteiger partial charge in [0, 0.05) is 30.7 Å². The molecule has 0 bridgehead atoms. The highest BCUT2D eigenvalue weighted by atomic mass is 16.5. The number of ether oxygens (including phenoxy) is 1. The molecule has 1 spiro atoms. The minimum atomic E-state index is -1.75. The number of hydrogen-bond acceptors (Lipinski definition) is 6. The third-order valence-corrected chi connectivity index (χ3v) is 9.55. The monoisotopic (exact) mass is 507 g/mol. The van der Waals surface area contributed by atoms with Crippen molar-refractivity contribution in [3.63, 3.8) is 0 Å². The number of fused-ring (bicyclic) bond motifs is 1. The lowest BCUT2D eigenvalue weighted by Crippen LogP contribution is -2.64. The smallest absolute Gasteiger partial charge is 0.303 e. The summed E-state index contributed by atoms with van der Waals surface area (Å²) in [6, 6.07) is 9.63. The quantitative estimate of drug-likeness (QED) is 0.428. The average Bonchev–Trinajstić information content (AvgIpc) is 3.08. The largest absolute Gasteiger partial charge is 0.457 e. The van der Waals surface area contributed by atoms with E-state index >= 15 is 0 Å². The van der Waals surface area contributed by atoms with Crippen molar-refractivity contribution in [2.75, 3.05) is 0 Å². The Morgan fingerprint density at radius 1 is 1.19 bits per heavy atom. The molecule has 7 nitrogen and oxygen atoms in total.